The van der Waals surface area contributed by atoms with E-state index in [1.54, 1.807) is 6.92 Å². The van der Waals surface area contributed by atoms with E-state index in [0.717, 1.165) is 6.42 Å². The van der Waals surface area contributed by atoms with Crippen molar-refractivity contribution in [3.63, 3.8) is 0 Å². The van der Waals surface area contributed by atoms with Crippen LogP contribution in [0.5, 0.6) is 0 Å². The zero-order chi connectivity index (χ0) is 15.4. The van der Waals surface area contributed by atoms with Crippen molar-refractivity contribution in [3.8, 4) is 0 Å². The monoisotopic (exact) mass is 307 g/mol. The van der Waals surface area contributed by atoms with Crippen LogP contribution >= 0.6 is 0 Å². The topological polar surface area (TPSA) is 139 Å². The van der Waals surface area contributed by atoms with Crippen molar-refractivity contribution in [2.24, 2.45) is 10.6 Å². The van der Waals surface area contributed by atoms with Gasteiger partial charge < -0.3 is 15.7 Å². The summed E-state index contributed by atoms with van der Waals surface area (Å²) in [7, 11) is -3.52. The quantitative estimate of drug-likeness (QED) is 0.495. The van der Waals surface area contributed by atoms with Crippen molar-refractivity contribution in [2.75, 3.05) is 12.3 Å². The van der Waals surface area contributed by atoms with Crippen LogP contribution in [0.25, 0.3) is 0 Å². The number of carboxylic acid groups (broad SMARTS) is 1. The lowest BCUT2D eigenvalue weighted by molar-refractivity contribution is -0.148. The number of carbonyl (C=O) groups is 2. The summed E-state index contributed by atoms with van der Waals surface area (Å²) >= 11 is 0. The average Bonchev–Trinajstić information content (AvgIpc) is 2.67. The SMILES string of the molecule is CC1(C(=O)O)CCCC1NC(=O)NCCCS(N)(=O)=O. The predicted octanol–water partition coefficient (Wildman–Crippen LogP) is -0.392. The molecule has 0 aromatic rings. The van der Waals surface area contributed by atoms with Gasteiger partial charge in [-0.25, -0.2) is 18.4 Å². The molecule has 1 aliphatic carbocycles. The molecule has 0 radical (unpaired) electrons. The van der Waals surface area contributed by atoms with Crippen molar-refractivity contribution >= 4 is 22.0 Å². The Morgan fingerprint density at radius 1 is 1.45 bits per heavy atom. The van der Waals surface area contributed by atoms with Crippen molar-refractivity contribution in [2.45, 2.75) is 38.6 Å². The molecule has 0 aliphatic heterocycles. The second-order valence-corrected chi connectivity index (χ2v) is 7.02. The van der Waals surface area contributed by atoms with Gasteiger partial charge in [0.05, 0.1) is 11.2 Å². The number of nitrogens with one attached hydrogen (secondary N) is 2. The molecule has 0 spiro atoms. The maximum absolute atomic E-state index is 11.6. The Morgan fingerprint density at radius 3 is 2.65 bits per heavy atom. The van der Waals surface area contributed by atoms with E-state index < -0.39 is 33.5 Å². The highest BCUT2D eigenvalue weighted by molar-refractivity contribution is 7.89. The minimum atomic E-state index is -3.52. The van der Waals surface area contributed by atoms with Gasteiger partial charge in [0.25, 0.3) is 0 Å². The Bertz CT molecular complexity index is 478. The first-order chi connectivity index (χ1) is 9.15. The number of amides is 2. The normalized spacial score (nSPS) is 26.2. The van der Waals surface area contributed by atoms with Crippen LogP contribution in [0.3, 0.4) is 0 Å². The number of sulfonamides is 1. The van der Waals surface area contributed by atoms with Crippen molar-refractivity contribution in [3.05, 3.63) is 0 Å². The second kappa shape index (κ2) is 6.40. The van der Waals surface area contributed by atoms with Crippen LogP contribution in [0.15, 0.2) is 0 Å². The van der Waals surface area contributed by atoms with Crippen LogP contribution in [0, 0.1) is 5.41 Å². The molecule has 20 heavy (non-hydrogen) atoms. The van der Waals surface area contributed by atoms with Crippen LogP contribution < -0.4 is 15.8 Å². The van der Waals surface area contributed by atoms with Gasteiger partial charge >= 0.3 is 12.0 Å². The lowest BCUT2D eigenvalue weighted by Gasteiger charge is -2.27. The molecule has 2 unspecified atom stereocenters. The summed E-state index contributed by atoms with van der Waals surface area (Å²) in [6, 6.07) is -0.906. The third-order valence-corrected chi connectivity index (χ3v) is 4.50. The van der Waals surface area contributed by atoms with E-state index in [1.165, 1.54) is 0 Å². The molecule has 8 nitrogen and oxygen atoms in total. The molecule has 2 atom stereocenters. The molecule has 1 fully saturated rings. The number of aliphatic carboxylic acids is 1. The molecule has 0 aromatic carbocycles. The number of primary sulfonamides is 1. The van der Waals surface area contributed by atoms with Gasteiger partial charge in [0.2, 0.25) is 10.0 Å². The third-order valence-electron chi connectivity index (χ3n) is 3.64. The zero-order valence-electron chi connectivity index (χ0n) is 11.4. The van der Waals surface area contributed by atoms with Gasteiger partial charge in [0.1, 0.15) is 0 Å². The van der Waals surface area contributed by atoms with Crippen LogP contribution in [0.1, 0.15) is 32.6 Å². The molecular weight excluding hydrogens is 286 g/mol. The Hall–Kier alpha value is -1.35. The van der Waals surface area contributed by atoms with Crippen LogP contribution in [0.2, 0.25) is 0 Å². The molecule has 2 amide bonds. The van der Waals surface area contributed by atoms with Gasteiger partial charge in [-0.1, -0.05) is 6.42 Å². The van der Waals surface area contributed by atoms with Crippen molar-refractivity contribution < 1.29 is 23.1 Å². The summed E-state index contributed by atoms with van der Waals surface area (Å²) in [6.07, 6.45) is 2.11. The number of hydrogen-bond donors (Lipinski definition) is 4. The zero-order valence-corrected chi connectivity index (χ0v) is 12.2. The predicted molar refractivity (Wildman–Crippen MR) is 72.5 cm³/mol. The Balaban J connectivity index is 2.37. The van der Waals surface area contributed by atoms with Gasteiger partial charge in [-0.3, -0.25) is 4.79 Å². The minimum Gasteiger partial charge on any atom is -0.481 e. The van der Waals surface area contributed by atoms with Crippen LogP contribution in [0.4, 0.5) is 4.79 Å². The average molecular weight is 307 g/mol. The third kappa shape index (κ3) is 4.64. The summed E-state index contributed by atoms with van der Waals surface area (Å²) < 4.78 is 21.4. The molecule has 1 saturated carbocycles. The molecule has 0 aromatic heterocycles. The Kier molecular flexibility index (Phi) is 5.35. The maximum Gasteiger partial charge on any atom is 0.315 e. The fourth-order valence-corrected chi connectivity index (χ4v) is 2.88. The van der Waals surface area contributed by atoms with E-state index in [2.05, 4.69) is 10.6 Å². The minimum absolute atomic E-state index is 0.165. The molecule has 0 heterocycles. The first-order valence-electron chi connectivity index (χ1n) is 6.43. The van der Waals surface area contributed by atoms with E-state index in [9.17, 15) is 23.1 Å². The van der Waals surface area contributed by atoms with E-state index in [-0.39, 0.29) is 18.7 Å². The summed E-state index contributed by atoms with van der Waals surface area (Å²) in [5.74, 6) is -1.13. The number of carbonyl (C=O) groups excluding carboxylic acids is 1. The highest BCUT2D eigenvalue weighted by atomic mass is 32.2. The van der Waals surface area contributed by atoms with Crippen LogP contribution in [-0.2, 0) is 14.8 Å². The summed E-state index contributed by atoms with van der Waals surface area (Å²) in [4.78, 5) is 22.9. The number of nitrogens with two attached hydrogens (primary N) is 1. The first kappa shape index (κ1) is 16.7. The van der Waals surface area contributed by atoms with E-state index in [4.69, 9.17) is 5.14 Å². The number of rotatable bonds is 6. The molecule has 1 rings (SSSR count). The van der Waals surface area contributed by atoms with E-state index in [0.29, 0.717) is 12.8 Å². The second-order valence-electron chi connectivity index (χ2n) is 5.29. The summed E-state index contributed by atoms with van der Waals surface area (Å²) in [5.41, 5.74) is -0.946. The number of carboxylic acids is 1. The van der Waals surface area contributed by atoms with Gasteiger partial charge in [0.15, 0.2) is 0 Å². The van der Waals surface area contributed by atoms with Gasteiger partial charge in [0, 0.05) is 12.6 Å². The largest absolute Gasteiger partial charge is 0.481 e. The fraction of sp³-hybridized carbons (Fsp3) is 0.818. The fourth-order valence-electron chi connectivity index (χ4n) is 2.34. The van der Waals surface area contributed by atoms with Gasteiger partial charge in [-0.2, -0.15) is 0 Å². The molecule has 9 heteroatoms. The molecular formula is C11H21N3O5S. The van der Waals surface area contributed by atoms with Gasteiger partial charge in [-0.05, 0) is 26.2 Å². The number of hydrogen-bond acceptors (Lipinski definition) is 4. The molecule has 116 valence electrons. The standard InChI is InChI=1S/C11H21N3O5S/c1-11(9(15)16)5-2-4-8(11)14-10(17)13-6-3-7-20(12,18)19/h8H,2-7H2,1H3,(H,15,16)(H2,12,18,19)(H2,13,14,17). The van der Waals surface area contributed by atoms with Crippen molar-refractivity contribution in [1.29, 1.82) is 0 Å². The lowest BCUT2D eigenvalue weighted by Crippen LogP contribution is -2.50. The molecule has 0 saturated heterocycles. The van der Waals surface area contributed by atoms with Crippen molar-refractivity contribution in [1.82, 2.24) is 10.6 Å². The van der Waals surface area contributed by atoms with Gasteiger partial charge in [-0.15, -0.1) is 0 Å². The maximum atomic E-state index is 11.6. The van der Waals surface area contributed by atoms with E-state index >= 15 is 0 Å². The van der Waals surface area contributed by atoms with Crippen LogP contribution in [-0.4, -0.2) is 43.9 Å². The van der Waals surface area contributed by atoms with E-state index in [1.807, 2.05) is 0 Å². The Morgan fingerprint density at radius 2 is 2.10 bits per heavy atom. The molecule has 0 bridgehead atoms. The summed E-state index contributed by atoms with van der Waals surface area (Å²) in [6.45, 7) is 1.78. The lowest BCUT2D eigenvalue weighted by atomic mass is 9.85. The smallest absolute Gasteiger partial charge is 0.315 e. The number of urea groups is 1. The summed E-state index contributed by atoms with van der Waals surface area (Å²) in [5, 5.41) is 19.2. The Labute approximate surface area is 118 Å². The molecule has 5 N–H and O–H groups in total. The molecule has 1 aliphatic rings. The first-order valence-corrected chi connectivity index (χ1v) is 8.15. The highest BCUT2D eigenvalue weighted by Gasteiger charge is 2.45. The highest BCUT2D eigenvalue weighted by Crippen LogP contribution is 2.38.